The molecule has 2 aliphatic rings. The summed E-state index contributed by atoms with van der Waals surface area (Å²) in [6.07, 6.45) is 37.5. The number of hydrogen-bond acceptors (Lipinski definition) is 14. The number of amides is 2. The van der Waals surface area contributed by atoms with Gasteiger partial charge in [0.15, 0.2) is 20.9 Å². The third kappa shape index (κ3) is 47.0. The van der Waals surface area contributed by atoms with Crippen molar-refractivity contribution in [1.82, 2.24) is 10.6 Å². The number of carbonyl (C=O) groups excluding carboxylic acids is 3. The van der Waals surface area contributed by atoms with Gasteiger partial charge in [0.2, 0.25) is 11.8 Å². The van der Waals surface area contributed by atoms with Crippen LogP contribution >= 0.6 is 0 Å². The average Bonchev–Trinajstić information content (AvgIpc) is 0.796. The quantitative estimate of drug-likeness (QED) is 0.0163. The second kappa shape index (κ2) is 69.6. The van der Waals surface area contributed by atoms with Gasteiger partial charge in [-0.3, -0.25) is 14.4 Å². The maximum Gasteiger partial charge on any atom is 0.416 e. The summed E-state index contributed by atoms with van der Waals surface area (Å²) in [5.74, 6) is -1.07. The van der Waals surface area contributed by atoms with E-state index in [9.17, 15) is 18.0 Å². The highest BCUT2D eigenvalue weighted by Gasteiger charge is 2.53. The second-order valence-electron chi connectivity index (χ2n) is 37.2. The molecule has 2 N–H and O–H groups in total. The highest BCUT2D eigenvalue weighted by molar-refractivity contribution is 6.73. The molecule has 16 nitrogen and oxygen atoms in total. The van der Waals surface area contributed by atoms with Crippen LogP contribution in [0.25, 0.3) is 0 Å². The predicted octanol–water partition coefficient (Wildman–Crippen LogP) is 28.5. The van der Waals surface area contributed by atoms with E-state index >= 15 is 9.59 Å². The number of nitrogens with one attached hydrogen (secondary N) is 2. The molecule has 2 amide bonds. The van der Waals surface area contributed by atoms with Crippen LogP contribution in [0, 0.1) is 0 Å². The van der Waals surface area contributed by atoms with Gasteiger partial charge in [-0.1, -0.05) is 431 Å². The van der Waals surface area contributed by atoms with Crippen LogP contribution in [0.15, 0.2) is 158 Å². The molecular weight excluding hydrogens is 1670 g/mol. The van der Waals surface area contributed by atoms with Gasteiger partial charge in [0.1, 0.15) is 54.8 Å². The van der Waals surface area contributed by atoms with Crippen LogP contribution in [0.5, 0.6) is 0 Å². The van der Waals surface area contributed by atoms with Gasteiger partial charge >= 0.3 is 12.1 Å². The first-order valence-electron chi connectivity index (χ1n) is 52.1. The van der Waals surface area contributed by atoms with Crippen LogP contribution in [0.1, 0.15) is 370 Å². The van der Waals surface area contributed by atoms with E-state index in [0.29, 0.717) is 18.4 Å². The van der Waals surface area contributed by atoms with Gasteiger partial charge in [0.05, 0.1) is 77.4 Å². The molecule has 2 fully saturated rings. The molecule has 0 bridgehead atoms. The number of alkyl halides is 3. The molecule has 131 heavy (non-hydrogen) atoms. The minimum absolute atomic E-state index is 0.00303. The van der Waals surface area contributed by atoms with Gasteiger partial charge in [-0.15, -0.1) is 6.58 Å². The Kier molecular flexibility index (Phi) is 59.5. The number of benzene rings is 5. The molecule has 7 rings (SSSR count). The van der Waals surface area contributed by atoms with E-state index in [2.05, 4.69) is 58.8 Å². The van der Waals surface area contributed by atoms with Crippen molar-refractivity contribution in [3.63, 3.8) is 0 Å². The second-order valence-corrected chi connectivity index (χ2v) is 42.0. The Labute approximate surface area is 790 Å². The number of halogens is 3. The van der Waals surface area contributed by atoms with Crippen LogP contribution < -0.4 is 10.6 Å². The Morgan fingerprint density at radius 3 is 1.04 bits per heavy atom. The Morgan fingerprint density at radius 1 is 0.374 bits per heavy atom. The van der Waals surface area contributed by atoms with Crippen molar-refractivity contribution >= 4 is 26.1 Å². The fraction of sp³-hybridized carbons (Fsp3) is 0.685. The normalized spacial score (nSPS) is 19.3. The number of ether oxygens (including phenoxy) is 10. The van der Waals surface area contributed by atoms with E-state index in [-0.39, 0.29) is 84.0 Å². The third-order valence-corrected chi connectivity index (χ3v) is 31.2. The topological polar surface area (TPSA) is 177 Å². The molecule has 0 radical (unpaired) electrons. The number of hydrogen-bond donors (Lipinski definition) is 2. The van der Waals surface area contributed by atoms with Gasteiger partial charge in [0.25, 0.3) is 0 Å². The van der Waals surface area contributed by atoms with Gasteiger partial charge in [-0.2, -0.15) is 13.2 Å². The molecule has 0 saturated carbocycles. The van der Waals surface area contributed by atoms with Crippen LogP contribution in [0.2, 0.25) is 18.1 Å². The molecule has 0 spiro atoms. The maximum atomic E-state index is 15.8. The first kappa shape index (κ1) is 112. The molecule has 736 valence electrons. The number of esters is 1. The summed E-state index contributed by atoms with van der Waals surface area (Å²) < 4.78 is 120. The van der Waals surface area contributed by atoms with Crippen LogP contribution in [0.3, 0.4) is 0 Å². The highest BCUT2D eigenvalue weighted by atomic mass is 28.4. The molecule has 5 aromatic carbocycles. The Balaban J connectivity index is 1.22. The first-order valence-corrected chi connectivity index (χ1v) is 54.6. The van der Waals surface area contributed by atoms with Crippen LogP contribution in [-0.2, 0) is 105 Å². The predicted molar refractivity (Wildman–Crippen MR) is 526 cm³/mol. The standard InChI is InChI=1S/C111H173F3N2O14Si/c1-8-15-18-21-24-27-30-33-34-37-40-43-46-49-64-75-102(119)128-97(74-63-48-45-42-39-36-32-29-26-23-20-17-10-3)82-101(118)116-104-108(125-87-93-71-60-53-61-72-93)106(123-85-91-67-56-51-57-68-91)99(89-127-131(12-5,13-6)14-7)130-110(104)126-88-98-105(122-84-90-65-54-50-55-66-90)107(124-86-92-69-58-52-59-70-92)103(109(129-98)120-80-11-4)115-100(117)81-96(121-83-94-76-78-95(79-77-94)111(112,113)114)73-62-47-44-41-38-35-31-28-25-22-19-16-9-2/h11,50-61,65-72,76-79,96-99,103-110H,4,8-10,12-49,62-64,73-75,80-89H2,1-3,5-7H3,(H,115,117)(H,116,118)/t96-,97-,98-,99-,103-,104-,105-,106-,107-,108-,109+,110-/m1/s1. The first-order chi connectivity index (χ1) is 64.1. The molecular formula is C111H173F3N2O14Si. The zero-order valence-electron chi connectivity index (χ0n) is 81.7. The Morgan fingerprint density at radius 2 is 0.687 bits per heavy atom. The molecule has 0 unspecified atom stereocenters. The highest BCUT2D eigenvalue weighted by Crippen LogP contribution is 2.37. The maximum absolute atomic E-state index is 15.8. The Bertz CT molecular complexity index is 3640. The summed E-state index contributed by atoms with van der Waals surface area (Å²) in [5, 5.41) is 6.78. The van der Waals surface area contributed by atoms with Gasteiger partial charge in [-0.05, 0) is 83.8 Å². The molecule has 0 aromatic heterocycles. The van der Waals surface area contributed by atoms with Crippen molar-refractivity contribution < 1.29 is 79.3 Å². The number of rotatable bonds is 78. The minimum Gasteiger partial charge on any atom is -0.462 e. The lowest BCUT2D eigenvalue weighted by atomic mass is 9.94. The van der Waals surface area contributed by atoms with E-state index in [4.69, 9.17) is 51.8 Å². The van der Waals surface area contributed by atoms with Crippen molar-refractivity contribution in [1.29, 1.82) is 0 Å². The van der Waals surface area contributed by atoms with Crippen LogP contribution in [-0.4, -0.2) is 119 Å². The van der Waals surface area contributed by atoms with Gasteiger partial charge in [0, 0.05) is 6.42 Å². The van der Waals surface area contributed by atoms with Crippen molar-refractivity contribution in [3.05, 3.63) is 192 Å². The summed E-state index contributed by atoms with van der Waals surface area (Å²) in [4.78, 5) is 45.4. The monoisotopic (exact) mass is 1840 g/mol. The van der Waals surface area contributed by atoms with Crippen molar-refractivity contribution in [2.75, 3.05) is 19.8 Å². The van der Waals surface area contributed by atoms with Crippen molar-refractivity contribution in [3.8, 4) is 0 Å². The average molecular weight is 1840 g/mol. The van der Waals surface area contributed by atoms with E-state index < -0.39 is 99.5 Å². The van der Waals surface area contributed by atoms with Crippen molar-refractivity contribution in [2.24, 2.45) is 0 Å². The summed E-state index contributed by atoms with van der Waals surface area (Å²) in [7, 11) is -2.36. The zero-order chi connectivity index (χ0) is 93.3. The van der Waals surface area contributed by atoms with Crippen molar-refractivity contribution in [2.45, 2.75) is 468 Å². The molecule has 2 saturated heterocycles. The Hall–Kier alpha value is -6.14. The van der Waals surface area contributed by atoms with Gasteiger partial charge in [-0.25, -0.2) is 0 Å². The van der Waals surface area contributed by atoms with Crippen LogP contribution in [0.4, 0.5) is 13.2 Å². The lowest BCUT2D eigenvalue weighted by Gasteiger charge is -2.49. The number of unbranched alkanes of at least 4 members (excludes halogenated alkanes) is 38. The summed E-state index contributed by atoms with van der Waals surface area (Å²) >= 11 is 0. The molecule has 2 aliphatic heterocycles. The largest absolute Gasteiger partial charge is 0.462 e. The van der Waals surface area contributed by atoms with Gasteiger partial charge < -0.3 is 62.4 Å². The molecule has 5 aromatic rings. The molecule has 0 aliphatic carbocycles. The third-order valence-electron chi connectivity index (χ3n) is 26.5. The van der Waals surface area contributed by atoms with E-state index in [1.54, 1.807) is 6.08 Å². The fourth-order valence-electron chi connectivity index (χ4n) is 18.2. The zero-order valence-corrected chi connectivity index (χ0v) is 82.7. The molecule has 20 heteroatoms. The molecule has 12 atom stereocenters. The lowest BCUT2D eigenvalue weighted by molar-refractivity contribution is -0.317. The van der Waals surface area contributed by atoms with E-state index in [1.807, 2.05) is 121 Å². The SMILES string of the molecule is C=CCO[C@H]1O[C@H](CO[C@@H]2O[C@H](CO[Si](CC)(CC)CC)[C@@H](OCc3ccccc3)[C@H](OCc3ccccc3)[C@H]2NC(=O)C[C@@H](CCCCCCCCCCCCCCC)OC(=O)CCCCCCCCCCCCCCCCC)[C@@H](OCc2ccccc2)[C@H](OCc2ccccc2)[C@H]1NC(=O)C[C@@H](CCCCCCCCCCCCCCC)OCc1ccc(C(F)(F)F)cc1. The fourth-order valence-corrected chi connectivity index (χ4v) is 20.8. The summed E-state index contributed by atoms with van der Waals surface area (Å²) in [5.41, 5.74) is 3.32. The van der Waals surface area contributed by atoms with E-state index in [1.165, 1.54) is 198 Å². The minimum atomic E-state index is -4.50. The lowest BCUT2D eigenvalue weighted by Crippen LogP contribution is -2.68. The number of carbonyl (C=O) groups is 3. The summed E-state index contributed by atoms with van der Waals surface area (Å²) in [6.45, 7) is 17.8. The van der Waals surface area contributed by atoms with E-state index in [0.717, 1.165) is 130 Å². The summed E-state index contributed by atoms with van der Waals surface area (Å²) in [6, 6.07) is 44.9. The molecule has 2 heterocycles. The smallest absolute Gasteiger partial charge is 0.416 e.